The highest BCUT2D eigenvalue weighted by Crippen LogP contribution is 2.17. The van der Waals surface area contributed by atoms with Crippen LogP contribution < -0.4 is 16.4 Å². The molecule has 2 heterocycles. The summed E-state index contributed by atoms with van der Waals surface area (Å²) in [5, 5.41) is 5.60. The van der Waals surface area contributed by atoms with Crippen LogP contribution in [0.4, 0.5) is 0 Å². The van der Waals surface area contributed by atoms with Crippen LogP contribution >= 0.6 is 0 Å². The second kappa shape index (κ2) is 14.1. The van der Waals surface area contributed by atoms with Crippen LogP contribution in [-0.4, -0.2) is 52.3 Å². The Morgan fingerprint density at radius 3 is 2.53 bits per heavy atom. The lowest BCUT2D eigenvalue weighted by Crippen LogP contribution is -2.50. The van der Waals surface area contributed by atoms with E-state index in [0.717, 1.165) is 11.1 Å². The standard InChI is InChI=1S/C28H31N5O5/c1-2-38-26(35)15-11-21(10-14-25(29)34)31-28(37)24(17-19-7-4-3-5-8-19)33-27(36)23-13-12-22(32-23)20-9-6-16-30-18-20/h3-9,11-13,15-16,18,21,24,32H,2,10,14,17H2,1H3,(H2,29,34)(H,31,37)(H,33,36)/t21-,24-/m0/s1. The molecule has 10 heteroatoms. The number of aromatic amines is 1. The number of hydrogen-bond donors (Lipinski definition) is 4. The topological polar surface area (TPSA) is 156 Å². The smallest absolute Gasteiger partial charge is 0.330 e. The summed E-state index contributed by atoms with van der Waals surface area (Å²) in [7, 11) is 0. The molecule has 10 nitrogen and oxygen atoms in total. The highest BCUT2D eigenvalue weighted by Gasteiger charge is 2.24. The molecule has 3 rings (SSSR count). The van der Waals surface area contributed by atoms with Crippen molar-refractivity contribution in [2.75, 3.05) is 6.61 Å². The van der Waals surface area contributed by atoms with Gasteiger partial charge in [0.15, 0.2) is 0 Å². The highest BCUT2D eigenvalue weighted by atomic mass is 16.5. The van der Waals surface area contributed by atoms with E-state index in [2.05, 4.69) is 20.6 Å². The predicted octanol–water partition coefficient (Wildman–Crippen LogP) is 2.29. The number of carbonyl (C=O) groups is 4. The zero-order chi connectivity index (χ0) is 27.3. The zero-order valence-corrected chi connectivity index (χ0v) is 21.1. The fourth-order valence-corrected chi connectivity index (χ4v) is 3.70. The summed E-state index contributed by atoms with van der Waals surface area (Å²) in [5.74, 6) is -2.06. The van der Waals surface area contributed by atoms with Crippen molar-refractivity contribution in [3.63, 3.8) is 0 Å². The largest absolute Gasteiger partial charge is 0.463 e. The lowest BCUT2D eigenvalue weighted by molar-refractivity contribution is -0.137. The third-order valence-corrected chi connectivity index (χ3v) is 5.59. The van der Waals surface area contributed by atoms with Gasteiger partial charge >= 0.3 is 5.97 Å². The molecular weight excluding hydrogens is 486 g/mol. The van der Waals surface area contributed by atoms with E-state index in [1.165, 1.54) is 12.2 Å². The van der Waals surface area contributed by atoms with Crippen LogP contribution in [0.25, 0.3) is 11.3 Å². The van der Waals surface area contributed by atoms with Crippen molar-refractivity contribution in [1.29, 1.82) is 0 Å². The molecule has 0 spiro atoms. The van der Waals surface area contributed by atoms with E-state index < -0.39 is 35.8 Å². The number of nitrogens with zero attached hydrogens (tertiary/aromatic N) is 1. The van der Waals surface area contributed by atoms with E-state index in [1.54, 1.807) is 37.5 Å². The summed E-state index contributed by atoms with van der Waals surface area (Å²) in [6.45, 7) is 1.88. The molecule has 5 N–H and O–H groups in total. The van der Waals surface area contributed by atoms with Gasteiger partial charge in [0.1, 0.15) is 11.7 Å². The van der Waals surface area contributed by atoms with E-state index in [-0.39, 0.29) is 31.6 Å². The first-order valence-electron chi connectivity index (χ1n) is 12.2. The molecule has 38 heavy (non-hydrogen) atoms. The number of primary amides is 1. The molecule has 0 saturated heterocycles. The maximum atomic E-state index is 13.4. The number of amides is 3. The Bertz CT molecular complexity index is 1260. The summed E-state index contributed by atoms with van der Waals surface area (Å²) in [5.41, 5.74) is 7.93. The zero-order valence-electron chi connectivity index (χ0n) is 21.1. The Balaban J connectivity index is 1.78. The first kappa shape index (κ1) is 27.9. The van der Waals surface area contributed by atoms with E-state index in [9.17, 15) is 19.2 Å². The molecule has 0 radical (unpaired) electrons. The number of ether oxygens (including phenoxy) is 1. The molecule has 3 aromatic rings. The molecule has 0 fully saturated rings. The van der Waals surface area contributed by atoms with Gasteiger partial charge in [0.25, 0.3) is 5.91 Å². The molecule has 3 amide bonds. The summed E-state index contributed by atoms with van der Waals surface area (Å²) < 4.78 is 4.89. The van der Waals surface area contributed by atoms with Crippen molar-refractivity contribution in [3.8, 4) is 11.3 Å². The number of benzene rings is 1. The van der Waals surface area contributed by atoms with Gasteiger partial charge < -0.3 is 26.1 Å². The molecule has 0 unspecified atom stereocenters. The minimum absolute atomic E-state index is 0.00653. The SMILES string of the molecule is CCOC(=O)C=C[C@H](CCC(N)=O)NC(=O)[C@H](Cc1ccccc1)NC(=O)c1ccc(-c2cccnc2)[nH]1. The van der Waals surface area contributed by atoms with Crippen molar-refractivity contribution in [3.05, 3.63) is 90.4 Å². The van der Waals surface area contributed by atoms with Crippen molar-refractivity contribution < 1.29 is 23.9 Å². The molecule has 2 aromatic heterocycles. The molecule has 0 aliphatic carbocycles. The van der Waals surface area contributed by atoms with Crippen LogP contribution in [-0.2, 0) is 25.5 Å². The first-order valence-corrected chi connectivity index (χ1v) is 12.2. The number of nitrogens with one attached hydrogen (secondary N) is 3. The minimum Gasteiger partial charge on any atom is -0.463 e. The van der Waals surface area contributed by atoms with Crippen LogP contribution in [0.5, 0.6) is 0 Å². The second-order valence-corrected chi connectivity index (χ2v) is 8.47. The fraction of sp³-hybridized carbons (Fsp3) is 0.250. The molecule has 0 saturated carbocycles. The fourth-order valence-electron chi connectivity index (χ4n) is 3.70. The number of aromatic nitrogens is 2. The number of hydrogen-bond acceptors (Lipinski definition) is 6. The van der Waals surface area contributed by atoms with Gasteiger partial charge in [-0.15, -0.1) is 0 Å². The highest BCUT2D eigenvalue weighted by molar-refractivity contribution is 5.97. The van der Waals surface area contributed by atoms with E-state index in [1.807, 2.05) is 36.4 Å². The number of esters is 1. The average Bonchev–Trinajstić information content (AvgIpc) is 3.41. The Labute approximate surface area is 220 Å². The first-order chi connectivity index (χ1) is 18.4. The monoisotopic (exact) mass is 517 g/mol. The molecule has 0 bridgehead atoms. The van der Waals surface area contributed by atoms with Gasteiger partial charge in [-0.3, -0.25) is 19.4 Å². The molecule has 0 aliphatic rings. The van der Waals surface area contributed by atoms with E-state index in [4.69, 9.17) is 10.5 Å². The molecule has 2 atom stereocenters. The lowest BCUT2D eigenvalue weighted by atomic mass is 10.0. The van der Waals surface area contributed by atoms with Gasteiger partial charge in [0, 0.05) is 48.6 Å². The number of rotatable bonds is 13. The number of H-pyrrole nitrogens is 1. The predicted molar refractivity (Wildman–Crippen MR) is 142 cm³/mol. The Morgan fingerprint density at radius 1 is 1.05 bits per heavy atom. The van der Waals surface area contributed by atoms with Crippen LogP contribution in [0.3, 0.4) is 0 Å². The quantitative estimate of drug-likeness (QED) is 0.201. The van der Waals surface area contributed by atoms with Gasteiger partial charge in [0.05, 0.1) is 6.61 Å². The van der Waals surface area contributed by atoms with E-state index in [0.29, 0.717) is 5.69 Å². The molecule has 0 aliphatic heterocycles. The van der Waals surface area contributed by atoms with Gasteiger partial charge in [-0.25, -0.2) is 4.79 Å². The maximum Gasteiger partial charge on any atom is 0.330 e. The van der Waals surface area contributed by atoms with Crippen molar-refractivity contribution in [2.24, 2.45) is 5.73 Å². The van der Waals surface area contributed by atoms with Crippen LogP contribution in [0, 0.1) is 0 Å². The molecule has 198 valence electrons. The Morgan fingerprint density at radius 2 is 1.84 bits per heavy atom. The normalized spacial score (nSPS) is 12.4. The third kappa shape index (κ3) is 8.74. The van der Waals surface area contributed by atoms with Crippen molar-refractivity contribution in [2.45, 2.75) is 38.3 Å². The summed E-state index contributed by atoms with van der Waals surface area (Å²) in [6.07, 6.45) is 6.37. The number of carbonyl (C=O) groups excluding carboxylic acids is 4. The van der Waals surface area contributed by atoms with Crippen molar-refractivity contribution in [1.82, 2.24) is 20.6 Å². The van der Waals surface area contributed by atoms with Crippen LogP contribution in [0.1, 0.15) is 35.8 Å². The van der Waals surface area contributed by atoms with Gasteiger partial charge in [-0.2, -0.15) is 0 Å². The third-order valence-electron chi connectivity index (χ3n) is 5.59. The maximum absolute atomic E-state index is 13.4. The lowest BCUT2D eigenvalue weighted by Gasteiger charge is -2.22. The summed E-state index contributed by atoms with van der Waals surface area (Å²) in [4.78, 5) is 56.7. The number of pyridine rings is 1. The van der Waals surface area contributed by atoms with Crippen LogP contribution in [0.2, 0.25) is 0 Å². The van der Waals surface area contributed by atoms with Crippen LogP contribution in [0.15, 0.2) is 79.1 Å². The number of nitrogens with two attached hydrogens (primary N) is 1. The molecular formula is C28H31N5O5. The summed E-state index contributed by atoms with van der Waals surface area (Å²) >= 11 is 0. The second-order valence-electron chi connectivity index (χ2n) is 8.47. The van der Waals surface area contributed by atoms with E-state index >= 15 is 0 Å². The van der Waals surface area contributed by atoms with Gasteiger partial charge in [0.2, 0.25) is 11.8 Å². The molecule has 1 aromatic carbocycles. The van der Waals surface area contributed by atoms with Crippen molar-refractivity contribution >= 4 is 23.7 Å². The Kier molecular flexibility index (Phi) is 10.3. The average molecular weight is 518 g/mol. The minimum atomic E-state index is -0.942. The van der Waals surface area contributed by atoms with Gasteiger partial charge in [-0.05, 0) is 43.2 Å². The summed E-state index contributed by atoms with van der Waals surface area (Å²) in [6, 6.07) is 14.7. The Hall–Kier alpha value is -4.73. The van der Waals surface area contributed by atoms with Gasteiger partial charge in [-0.1, -0.05) is 36.4 Å².